The fourth-order valence-corrected chi connectivity index (χ4v) is 2.87. The Morgan fingerprint density at radius 1 is 1.43 bits per heavy atom. The standard InChI is InChI=1S/C17H22N4O2/c1-12-4-5-16(23-3)15(10-12)21-9-7-14(19-21)17(22)20(2)13-6-8-18-11-13/h4-5,7,9-10,13,18H,6,8,11H2,1-3H3/t13-/m1/s1. The van der Waals surface area contributed by atoms with E-state index in [0.29, 0.717) is 5.69 Å². The Hall–Kier alpha value is -2.34. The maximum atomic E-state index is 12.6. The summed E-state index contributed by atoms with van der Waals surface area (Å²) in [6.45, 7) is 3.81. The molecule has 0 radical (unpaired) electrons. The molecule has 3 rings (SSSR count). The number of hydrogen-bond acceptors (Lipinski definition) is 4. The van der Waals surface area contributed by atoms with Gasteiger partial charge in [-0.3, -0.25) is 4.79 Å². The first kappa shape index (κ1) is 15.6. The van der Waals surface area contributed by atoms with Crippen LogP contribution in [0.5, 0.6) is 5.75 Å². The lowest BCUT2D eigenvalue weighted by atomic mass is 10.2. The van der Waals surface area contributed by atoms with E-state index in [4.69, 9.17) is 4.74 Å². The second kappa shape index (κ2) is 6.42. The van der Waals surface area contributed by atoms with Gasteiger partial charge in [-0.2, -0.15) is 5.10 Å². The highest BCUT2D eigenvalue weighted by atomic mass is 16.5. The minimum absolute atomic E-state index is 0.0518. The Bertz CT molecular complexity index is 704. The third-order valence-corrected chi connectivity index (χ3v) is 4.29. The summed E-state index contributed by atoms with van der Waals surface area (Å²) in [7, 11) is 3.47. The van der Waals surface area contributed by atoms with Gasteiger partial charge in [0.2, 0.25) is 0 Å². The van der Waals surface area contributed by atoms with Crippen molar-refractivity contribution in [3.63, 3.8) is 0 Å². The van der Waals surface area contributed by atoms with Crippen LogP contribution >= 0.6 is 0 Å². The van der Waals surface area contributed by atoms with E-state index < -0.39 is 0 Å². The number of amides is 1. The van der Waals surface area contributed by atoms with Crippen molar-refractivity contribution in [1.29, 1.82) is 0 Å². The molecule has 0 unspecified atom stereocenters. The molecule has 1 aromatic carbocycles. The third-order valence-electron chi connectivity index (χ3n) is 4.29. The zero-order valence-electron chi connectivity index (χ0n) is 13.7. The number of hydrogen-bond donors (Lipinski definition) is 1. The monoisotopic (exact) mass is 314 g/mol. The molecule has 1 fully saturated rings. The number of carbonyl (C=O) groups is 1. The van der Waals surface area contributed by atoms with Crippen molar-refractivity contribution in [3.05, 3.63) is 41.7 Å². The van der Waals surface area contributed by atoms with Gasteiger partial charge in [0.25, 0.3) is 5.91 Å². The molecular weight excluding hydrogens is 292 g/mol. The Kier molecular flexibility index (Phi) is 4.34. The molecule has 6 heteroatoms. The second-order valence-corrected chi connectivity index (χ2v) is 5.88. The number of aryl methyl sites for hydroxylation is 1. The SMILES string of the molecule is COc1ccc(C)cc1-n1ccc(C(=O)N(C)[C@@H]2CCNC2)n1. The molecule has 23 heavy (non-hydrogen) atoms. The van der Waals surface area contributed by atoms with Crippen LogP contribution in [-0.2, 0) is 0 Å². The summed E-state index contributed by atoms with van der Waals surface area (Å²) >= 11 is 0. The maximum absolute atomic E-state index is 12.6. The number of methoxy groups -OCH3 is 1. The van der Waals surface area contributed by atoms with Gasteiger partial charge in [-0.1, -0.05) is 6.07 Å². The van der Waals surface area contributed by atoms with E-state index in [9.17, 15) is 4.79 Å². The highest BCUT2D eigenvalue weighted by Crippen LogP contribution is 2.23. The molecule has 0 bridgehead atoms. The lowest BCUT2D eigenvalue weighted by Gasteiger charge is -2.22. The van der Waals surface area contributed by atoms with Crippen molar-refractivity contribution < 1.29 is 9.53 Å². The average Bonchev–Trinajstić information content (AvgIpc) is 3.25. The van der Waals surface area contributed by atoms with Crippen LogP contribution in [0.3, 0.4) is 0 Å². The molecule has 1 amide bonds. The molecule has 1 N–H and O–H groups in total. The van der Waals surface area contributed by atoms with Gasteiger partial charge in [-0.05, 0) is 43.7 Å². The molecule has 0 spiro atoms. The number of rotatable bonds is 4. The molecule has 1 aliphatic heterocycles. The van der Waals surface area contributed by atoms with Crippen molar-refractivity contribution >= 4 is 5.91 Å². The van der Waals surface area contributed by atoms with Crippen molar-refractivity contribution in [3.8, 4) is 11.4 Å². The third kappa shape index (κ3) is 3.07. The van der Waals surface area contributed by atoms with Crippen LogP contribution in [0.25, 0.3) is 5.69 Å². The number of nitrogens with one attached hydrogen (secondary N) is 1. The first-order chi connectivity index (χ1) is 11.1. The predicted octanol–water partition coefficient (Wildman–Crippen LogP) is 1.62. The van der Waals surface area contributed by atoms with Gasteiger partial charge in [-0.15, -0.1) is 0 Å². The number of nitrogens with zero attached hydrogens (tertiary/aromatic N) is 3. The highest BCUT2D eigenvalue weighted by molar-refractivity contribution is 5.92. The number of ether oxygens (including phenoxy) is 1. The van der Waals surface area contributed by atoms with Gasteiger partial charge in [0.05, 0.1) is 7.11 Å². The Morgan fingerprint density at radius 2 is 2.26 bits per heavy atom. The van der Waals surface area contributed by atoms with Crippen LogP contribution in [0.2, 0.25) is 0 Å². The summed E-state index contributed by atoms with van der Waals surface area (Å²) in [5.74, 6) is 0.676. The summed E-state index contributed by atoms with van der Waals surface area (Å²) in [5, 5.41) is 7.72. The number of aromatic nitrogens is 2. The van der Waals surface area contributed by atoms with E-state index in [-0.39, 0.29) is 11.9 Å². The van der Waals surface area contributed by atoms with E-state index in [1.165, 1.54) is 0 Å². The number of benzene rings is 1. The summed E-state index contributed by atoms with van der Waals surface area (Å²) in [4.78, 5) is 14.4. The molecule has 6 nitrogen and oxygen atoms in total. The Labute approximate surface area is 136 Å². The van der Waals surface area contributed by atoms with Gasteiger partial charge >= 0.3 is 0 Å². The van der Waals surface area contributed by atoms with Crippen LogP contribution in [0.1, 0.15) is 22.5 Å². The molecule has 122 valence electrons. The summed E-state index contributed by atoms with van der Waals surface area (Å²) in [5.41, 5.74) is 2.39. The topological polar surface area (TPSA) is 59.4 Å². The van der Waals surface area contributed by atoms with E-state index in [2.05, 4.69) is 10.4 Å². The fourth-order valence-electron chi connectivity index (χ4n) is 2.87. The summed E-state index contributed by atoms with van der Waals surface area (Å²) in [6, 6.07) is 7.87. The Morgan fingerprint density at radius 3 is 2.96 bits per heavy atom. The minimum atomic E-state index is -0.0518. The molecule has 1 saturated heterocycles. The van der Waals surface area contributed by atoms with Gasteiger partial charge in [0, 0.05) is 25.8 Å². The van der Waals surface area contributed by atoms with Crippen molar-refractivity contribution in [2.24, 2.45) is 0 Å². The highest BCUT2D eigenvalue weighted by Gasteiger charge is 2.25. The molecule has 2 heterocycles. The van der Waals surface area contributed by atoms with Crippen molar-refractivity contribution in [1.82, 2.24) is 20.0 Å². The van der Waals surface area contributed by atoms with Crippen molar-refractivity contribution in [2.75, 3.05) is 27.2 Å². The lowest BCUT2D eigenvalue weighted by molar-refractivity contribution is 0.0737. The molecule has 1 aliphatic rings. The van der Waals surface area contributed by atoms with Gasteiger partial charge < -0.3 is 15.0 Å². The molecule has 0 saturated carbocycles. The molecular formula is C17H22N4O2. The lowest BCUT2D eigenvalue weighted by Crippen LogP contribution is -2.38. The fraction of sp³-hybridized carbons (Fsp3) is 0.412. The van der Waals surface area contributed by atoms with Gasteiger partial charge in [0.15, 0.2) is 5.69 Å². The summed E-state index contributed by atoms with van der Waals surface area (Å²) < 4.78 is 7.08. The van der Waals surface area contributed by atoms with Gasteiger partial charge in [0.1, 0.15) is 11.4 Å². The van der Waals surface area contributed by atoms with Crippen LogP contribution in [0, 0.1) is 6.92 Å². The van der Waals surface area contributed by atoms with Crippen molar-refractivity contribution in [2.45, 2.75) is 19.4 Å². The second-order valence-electron chi connectivity index (χ2n) is 5.88. The Balaban J connectivity index is 1.85. The minimum Gasteiger partial charge on any atom is -0.494 e. The quantitative estimate of drug-likeness (QED) is 0.932. The van der Waals surface area contributed by atoms with Gasteiger partial charge in [-0.25, -0.2) is 4.68 Å². The zero-order chi connectivity index (χ0) is 16.4. The van der Waals surface area contributed by atoms with E-state index in [0.717, 1.165) is 36.5 Å². The van der Waals surface area contributed by atoms with E-state index >= 15 is 0 Å². The predicted molar refractivity (Wildman–Crippen MR) is 88.2 cm³/mol. The first-order valence-electron chi connectivity index (χ1n) is 7.78. The largest absolute Gasteiger partial charge is 0.494 e. The summed E-state index contributed by atoms with van der Waals surface area (Å²) in [6.07, 6.45) is 2.78. The molecule has 0 aliphatic carbocycles. The number of likely N-dealkylation sites (N-methyl/N-ethyl adjacent to an activating group) is 1. The maximum Gasteiger partial charge on any atom is 0.274 e. The first-order valence-corrected chi connectivity index (χ1v) is 7.78. The average molecular weight is 314 g/mol. The van der Waals surface area contributed by atoms with Crippen LogP contribution in [0.15, 0.2) is 30.5 Å². The van der Waals surface area contributed by atoms with E-state index in [1.807, 2.05) is 32.2 Å². The van der Waals surface area contributed by atoms with Crippen LogP contribution < -0.4 is 10.1 Å². The normalized spacial score (nSPS) is 17.3. The number of carbonyl (C=O) groups excluding carboxylic acids is 1. The molecule has 1 aromatic heterocycles. The smallest absolute Gasteiger partial charge is 0.274 e. The molecule has 1 atom stereocenters. The molecule has 2 aromatic rings. The van der Waals surface area contributed by atoms with Crippen LogP contribution in [-0.4, -0.2) is 53.9 Å². The zero-order valence-corrected chi connectivity index (χ0v) is 13.7. The van der Waals surface area contributed by atoms with Crippen LogP contribution in [0.4, 0.5) is 0 Å². The van der Waals surface area contributed by atoms with E-state index in [1.54, 1.807) is 29.0 Å².